The summed E-state index contributed by atoms with van der Waals surface area (Å²) in [7, 11) is 0. The van der Waals surface area contributed by atoms with Gasteiger partial charge in [0.1, 0.15) is 23.0 Å². The smallest absolute Gasteiger partial charge is 0.294 e. The molecule has 0 fully saturated rings. The molecule has 0 spiro atoms. The Morgan fingerprint density at radius 1 is 0.879 bits per heavy atom. The van der Waals surface area contributed by atoms with Crippen molar-refractivity contribution in [2.45, 2.75) is 13.8 Å². The van der Waals surface area contributed by atoms with E-state index in [2.05, 4.69) is 10.6 Å². The molecule has 0 unspecified atom stereocenters. The number of rotatable bonds is 12. The average Bonchev–Trinajstić information content (AvgIpc) is 2.76. The Bertz CT molecular complexity index is 936. The molecular formula is C20H25ClF2N4O6. The fraction of sp³-hybridized carbons (Fsp3) is 0.400. The van der Waals surface area contributed by atoms with Crippen LogP contribution in [0.25, 0.3) is 0 Å². The quantitative estimate of drug-likeness (QED) is 0.241. The van der Waals surface area contributed by atoms with Crippen molar-refractivity contribution in [2.24, 2.45) is 0 Å². The molecule has 2 rings (SSSR count). The second-order valence-corrected chi connectivity index (χ2v) is 6.61. The molecule has 0 aliphatic heterocycles. The highest BCUT2D eigenvalue weighted by atomic mass is 35.5. The monoisotopic (exact) mass is 490 g/mol. The van der Waals surface area contributed by atoms with Crippen LogP contribution in [0.4, 0.5) is 31.5 Å². The summed E-state index contributed by atoms with van der Waals surface area (Å²) in [6, 6.07) is 5.29. The lowest BCUT2D eigenvalue weighted by molar-refractivity contribution is -0.384. The van der Waals surface area contributed by atoms with Gasteiger partial charge in [0.25, 0.3) is 11.4 Å². The second kappa shape index (κ2) is 14.9. The minimum absolute atomic E-state index is 0.0941. The second-order valence-electron chi connectivity index (χ2n) is 6.21. The number of nitrogens with zero attached hydrogens (tertiary/aromatic N) is 2. The van der Waals surface area contributed by atoms with Crippen LogP contribution in [0, 0.1) is 31.9 Å². The summed E-state index contributed by atoms with van der Waals surface area (Å²) in [5.74, 6) is -1.21. The summed E-state index contributed by atoms with van der Waals surface area (Å²) < 4.78 is 36.2. The van der Waals surface area contributed by atoms with Crippen molar-refractivity contribution in [3.05, 3.63) is 67.2 Å². The van der Waals surface area contributed by atoms with Gasteiger partial charge in [-0.1, -0.05) is 11.6 Å². The van der Waals surface area contributed by atoms with Crippen LogP contribution in [0.1, 0.15) is 13.8 Å². The van der Waals surface area contributed by atoms with Crippen LogP contribution < -0.4 is 10.6 Å². The van der Waals surface area contributed by atoms with Crippen LogP contribution in [-0.2, 0) is 9.47 Å². The number of nitro groups is 2. The first-order valence-electron chi connectivity index (χ1n) is 9.91. The van der Waals surface area contributed by atoms with Gasteiger partial charge in [-0.3, -0.25) is 20.2 Å². The van der Waals surface area contributed by atoms with Crippen molar-refractivity contribution in [1.29, 1.82) is 0 Å². The molecule has 2 N–H and O–H groups in total. The van der Waals surface area contributed by atoms with E-state index in [0.717, 1.165) is 30.3 Å². The van der Waals surface area contributed by atoms with E-state index in [9.17, 15) is 29.0 Å². The van der Waals surface area contributed by atoms with Gasteiger partial charge >= 0.3 is 0 Å². The minimum Gasteiger partial charge on any atom is -0.380 e. The molecule has 0 aromatic heterocycles. The van der Waals surface area contributed by atoms with Crippen LogP contribution in [-0.4, -0.2) is 49.4 Å². The molecule has 0 atom stereocenters. The van der Waals surface area contributed by atoms with Gasteiger partial charge in [-0.25, -0.2) is 8.78 Å². The molecule has 33 heavy (non-hydrogen) atoms. The van der Waals surface area contributed by atoms with Crippen molar-refractivity contribution >= 4 is 34.4 Å². The number of benzene rings is 2. The van der Waals surface area contributed by atoms with Crippen molar-refractivity contribution in [3.8, 4) is 0 Å². The van der Waals surface area contributed by atoms with Crippen molar-refractivity contribution in [2.75, 3.05) is 50.2 Å². The molecule has 0 aliphatic carbocycles. The molecular weight excluding hydrogens is 466 g/mol. The van der Waals surface area contributed by atoms with Crippen molar-refractivity contribution < 1.29 is 28.1 Å². The maximum atomic E-state index is 13.2. The molecule has 0 radical (unpaired) electrons. The summed E-state index contributed by atoms with van der Waals surface area (Å²) in [6.45, 7) is 6.39. The number of nitro benzene ring substituents is 2. The highest BCUT2D eigenvalue weighted by Crippen LogP contribution is 2.30. The summed E-state index contributed by atoms with van der Waals surface area (Å²) in [5.41, 5.74) is -0.132. The summed E-state index contributed by atoms with van der Waals surface area (Å²) in [4.78, 5) is 20.2. The zero-order valence-corrected chi connectivity index (χ0v) is 18.9. The fourth-order valence-corrected chi connectivity index (χ4v) is 2.60. The number of hydrogen-bond acceptors (Lipinski definition) is 8. The summed E-state index contributed by atoms with van der Waals surface area (Å²) in [5, 5.41) is 26.6. The highest BCUT2D eigenvalue weighted by molar-refractivity contribution is 6.31. The van der Waals surface area contributed by atoms with Gasteiger partial charge in [0.2, 0.25) is 0 Å². The summed E-state index contributed by atoms with van der Waals surface area (Å²) in [6.07, 6.45) is 0. The molecule has 0 saturated carbocycles. The number of anilines is 2. The Morgan fingerprint density at radius 2 is 1.39 bits per heavy atom. The molecule has 0 amide bonds. The average molecular weight is 491 g/mol. The van der Waals surface area contributed by atoms with Crippen molar-refractivity contribution in [3.63, 3.8) is 0 Å². The predicted octanol–water partition coefficient (Wildman–Crippen LogP) is 5.02. The third-order valence-electron chi connectivity index (χ3n) is 3.92. The lowest BCUT2D eigenvalue weighted by atomic mass is 10.2. The molecule has 13 heteroatoms. The largest absolute Gasteiger partial charge is 0.380 e. The SMILES string of the molecule is CCOCCNc1cc(F)c(Cl)cc1[N+](=O)[O-].CCOCCNc1cc(F)ccc1[N+](=O)[O-]. The van der Waals surface area contributed by atoms with E-state index in [1.807, 2.05) is 13.8 Å². The lowest BCUT2D eigenvalue weighted by Gasteiger charge is -2.07. The van der Waals surface area contributed by atoms with E-state index < -0.39 is 21.5 Å². The van der Waals surface area contributed by atoms with Gasteiger partial charge in [0.15, 0.2) is 0 Å². The fourth-order valence-electron chi connectivity index (χ4n) is 2.44. The molecule has 2 aromatic carbocycles. The van der Waals surface area contributed by atoms with Gasteiger partial charge in [-0.2, -0.15) is 0 Å². The molecule has 0 saturated heterocycles. The Labute approximate surface area is 194 Å². The molecule has 0 aliphatic rings. The van der Waals surface area contributed by atoms with Gasteiger partial charge in [0, 0.05) is 50.6 Å². The third-order valence-corrected chi connectivity index (χ3v) is 4.21. The first kappa shape index (κ1) is 27.9. The van der Waals surface area contributed by atoms with Gasteiger partial charge < -0.3 is 20.1 Å². The Hall–Kier alpha value is -3.09. The number of nitrogens with one attached hydrogen (secondary N) is 2. The van der Waals surface area contributed by atoms with Gasteiger partial charge in [-0.05, 0) is 19.9 Å². The highest BCUT2D eigenvalue weighted by Gasteiger charge is 2.17. The van der Waals surface area contributed by atoms with Crippen LogP contribution in [0.3, 0.4) is 0 Å². The standard InChI is InChI=1S/C10H12ClFN2O3.C10H13FN2O3/c1-2-17-4-3-13-9-6-8(12)7(11)5-10(9)14(15)16;1-2-16-6-5-12-9-7-8(11)3-4-10(9)13(14)15/h5-6,13H,2-4H2,1H3;3-4,7,12H,2,5-6H2,1H3. The zero-order valence-electron chi connectivity index (χ0n) is 18.1. The summed E-state index contributed by atoms with van der Waals surface area (Å²) >= 11 is 5.48. The molecule has 182 valence electrons. The van der Waals surface area contributed by atoms with Crippen LogP contribution in [0.5, 0.6) is 0 Å². The van der Waals surface area contributed by atoms with Crippen LogP contribution in [0.15, 0.2) is 30.3 Å². The van der Waals surface area contributed by atoms with Gasteiger partial charge in [-0.15, -0.1) is 0 Å². The first-order chi connectivity index (χ1) is 15.7. The molecule has 2 aromatic rings. The van der Waals surface area contributed by atoms with E-state index in [1.165, 1.54) is 0 Å². The topological polar surface area (TPSA) is 129 Å². The maximum Gasteiger partial charge on any atom is 0.294 e. The van der Waals surface area contributed by atoms with Crippen LogP contribution in [0.2, 0.25) is 5.02 Å². The normalized spacial score (nSPS) is 10.2. The third kappa shape index (κ3) is 9.93. The Kier molecular flexibility index (Phi) is 12.6. The van der Waals surface area contributed by atoms with E-state index >= 15 is 0 Å². The zero-order chi connectivity index (χ0) is 24.8. The van der Waals surface area contributed by atoms with E-state index in [1.54, 1.807) is 0 Å². The number of hydrogen-bond donors (Lipinski definition) is 2. The van der Waals surface area contributed by atoms with Crippen LogP contribution >= 0.6 is 11.6 Å². The number of ether oxygens (including phenoxy) is 2. The number of halogens is 3. The maximum absolute atomic E-state index is 13.2. The van der Waals surface area contributed by atoms with Crippen molar-refractivity contribution in [1.82, 2.24) is 0 Å². The molecule has 10 nitrogen and oxygen atoms in total. The van der Waals surface area contributed by atoms with E-state index in [4.69, 9.17) is 21.1 Å². The lowest BCUT2D eigenvalue weighted by Crippen LogP contribution is -2.10. The minimum atomic E-state index is -0.698. The Balaban J connectivity index is 0.000000331. The molecule has 0 bridgehead atoms. The van der Waals surface area contributed by atoms with Gasteiger partial charge in [0.05, 0.1) is 28.1 Å². The Morgan fingerprint density at radius 3 is 1.88 bits per heavy atom. The van der Waals surface area contributed by atoms with E-state index in [-0.39, 0.29) is 27.8 Å². The van der Waals surface area contributed by atoms with E-state index in [0.29, 0.717) is 39.5 Å². The first-order valence-corrected chi connectivity index (χ1v) is 10.3. The molecule has 0 heterocycles. The predicted molar refractivity (Wildman–Crippen MR) is 121 cm³/mol.